The first-order chi connectivity index (χ1) is 20.5. The van der Waals surface area contributed by atoms with E-state index in [0.29, 0.717) is 32.2 Å². The average molecular weight is 575 g/mol. The molecule has 0 radical (unpaired) electrons. The Morgan fingerprint density at radius 3 is 2.26 bits per heavy atom. The van der Waals surface area contributed by atoms with Crippen molar-refractivity contribution in [1.82, 2.24) is 20.4 Å². The Labute approximate surface area is 250 Å². The van der Waals surface area contributed by atoms with Gasteiger partial charge in [0.2, 0.25) is 11.8 Å². The van der Waals surface area contributed by atoms with Crippen LogP contribution in [0, 0.1) is 0 Å². The first-order valence-electron chi connectivity index (χ1n) is 15.9. The average Bonchev–Trinajstić information content (AvgIpc) is 3.03. The lowest BCUT2D eigenvalue weighted by Crippen LogP contribution is -2.74. The van der Waals surface area contributed by atoms with Gasteiger partial charge in [0.05, 0.1) is 0 Å². The molecule has 2 saturated heterocycles. The number of amides is 3. The number of rotatable bonds is 11. The maximum Gasteiger partial charge on any atom is 0.407 e. The molecule has 3 aliphatic rings. The second kappa shape index (κ2) is 14.7. The Balaban J connectivity index is 1.12. The van der Waals surface area contributed by atoms with E-state index in [1.54, 1.807) is 0 Å². The fourth-order valence-corrected chi connectivity index (χ4v) is 6.89. The Morgan fingerprint density at radius 1 is 0.905 bits per heavy atom. The van der Waals surface area contributed by atoms with Crippen molar-refractivity contribution in [2.45, 2.75) is 94.9 Å². The van der Waals surface area contributed by atoms with Gasteiger partial charge in [-0.1, -0.05) is 79.9 Å². The maximum atomic E-state index is 14.0. The van der Waals surface area contributed by atoms with Crippen molar-refractivity contribution in [2.75, 3.05) is 26.2 Å². The lowest BCUT2D eigenvalue weighted by atomic mass is 9.78. The molecule has 2 aromatic carbocycles. The number of hydrogen-bond acceptors (Lipinski definition) is 5. The first kappa shape index (κ1) is 30.1. The molecule has 0 bridgehead atoms. The van der Waals surface area contributed by atoms with Gasteiger partial charge in [0.15, 0.2) is 0 Å². The van der Waals surface area contributed by atoms with Crippen molar-refractivity contribution in [3.8, 4) is 0 Å². The molecule has 42 heavy (non-hydrogen) atoms. The monoisotopic (exact) mass is 574 g/mol. The minimum Gasteiger partial charge on any atom is -0.445 e. The molecule has 1 saturated carbocycles. The summed E-state index contributed by atoms with van der Waals surface area (Å²) < 4.78 is 5.27. The highest BCUT2D eigenvalue weighted by atomic mass is 16.5. The van der Waals surface area contributed by atoms with Crippen molar-refractivity contribution in [3.63, 3.8) is 0 Å². The van der Waals surface area contributed by atoms with E-state index in [2.05, 4.69) is 44.7 Å². The summed E-state index contributed by atoms with van der Waals surface area (Å²) in [5.74, 6) is 0.123. The van der Waals surface area contributed by atoms with Crippen LogP contribution in [-0.2, 0) is 27.4 Å². The van der Waals surface area contributed by atoms with Crippen LogP contribution in [-0.4, -0.2) is 71.5 Å². The molecule has 2 N–H and O–H groups in total. The van der Waals surface area contributed by atoms with E-state index in [1.165, 1.54) is 12.0 Å². The van der Waals surface area contributed by atoms with Crippen LogP contribution in [0.1, 0.15) is 75.3 Å². The molecule has 8 heteroatoms. The van der Waals surface area contributed by atoms with Crippen molar-refractivity contribution in [2.24, 2.45) is 0 Å². The number of hydrogen-bond donors (Lipinski definition) is 2. The Morgan fingerprint density at radius 2 is 1.57 bits per heavy atom. The molecular formula is C34H46N4O4. The predicted octanol–water partition coefficient (Wildman–Crippen LogP) is 4.82. The molecule has 1 aliphatic carbocycles. The summed E-state index contributed by atoms with van der Waals surface area (Å²) >= 11 is 0. The maximum absolute atomic E-state index is 14.0. The van der Waals surface area contributed by atoms with Gasteiger partial charge in [-0.2, -0.15) is 0 Å². The fourth-order valence-electron chi connectivity index (χ4n) is 6.89. The zero-order valence-corrected chi connectivity index (χ0v) is 24.8. The molecule has 0 unspecified atom stereocenters. The Bertz CT molecular complexity index is 1160. The highest BCUT2D eigenvalue weighted by Crippen LogP contribution is 2.38. The smallest absolute Gasteiger partial charge is 0.407 e. The van der Waals surface area contributed by atoms with Crippen LogP contribution >= 0.6 is 0 Å². The van der Waals surface area contributed by atoms with Crippen molar-refractivity contribution in [3.05, 3.63) is 71.8 Å². The lowest BCUT2D eigenvalue weighted by molar-refractivity contribution is -0.166. The zero-order chi connectivity index (χ0) is 29.2. The number of likely N-dealkylation sites (tertiary alicyclic amines) is 1. The number of nitrogens with one attached hydrogen (secondary N) is 2. The van der Waals surface area contributed by atoms with Crippen LogP contribution < -0.4 is 10.6 Å². The van der Waals surface area contributed by atoms with E-state index in [4.69, 9.17) is 4.74 Å². The van der Waals surface area contributed by atoms with Gasteiger partial charge in [-0.25, -0.2) is 4.79 Å². The van der Waals surface area contributed by atoms with Gasteiger partial charge in [0.1, 0.15) is 18.2 Å². The van der Waals surface area contributed by atoms with Crippen molar-refractivity contribution in [1.29, 1.82) is 0 Å². The van der Waals surface area contributed by atoms with E-state index in [9.17, 15) is 14.4 Å². The van der Waals surface area contributed by atoms with Gasteiger partial charge < -0.3 is 25.2 Å². The molecule has 3 fully saturated rings. The topological polar surface area (TPSA) is 91.0 Å². The molecule has 1 spiro atoms. The fraction of sp³-hybridized carbons (Fsp3) is 0.559. The number of carbonyl (C=O) groups is 3. The number of unbranched alkanes of at least 4 members (excludes halogenated alkanes) is 1. The van der Waals surface area contributed by atoms with Gasteiger partial charge >= 0.3 is 6.09 Å². The molecule has 2 aromatic rings. The third kappa shape index (κ3) is 7.51. The number of nitrogens with zero attached hydrogens (tertiary/aromatic N) is 2. The second-order valence-corrected chi connectivity index (χ2v) is 12.1. The SMILES string of the molecule is O=C(NCCCC[C@@H]1NC(=O)C2(CCN(CCc3ccccc3)CC2)N(C2CCCCC2)C1=O)OCc1ccccc1. The van der Waals surface area contributed by atoms with Gasteiger partial charge in [0.25, 0.3) is 0 Å². The molecule has 8 nitrogen and oxygen atoms in total. The van der Waals surface area contributed by atoms with Gasteiger partial charge in [-0.15, -0.1) is 0 Å². The van der Waals surface area contributed by atoms with E-state index in [0.717, 1.165) is 63.7 Å². The van der Waals surface area contributed by atoms with Crippen LogP contribution in [0.2, 0.25) is 0 Å². The van der Waals surface area contributed by atoms with E-state index in [-0.39, 0.29) is 24.5 Å². The Kier molecular flexibility index (Phi) is 10.5. The van der Waals surface area contributed by atoms with Gasteiger partial charge in [0, 0.05) is 32.2 Å². The number of alkyl carbamates (subject to hydrolysis) is 1. The summed E-state index contributed by atoms with van der Waals surface area (Å²) in [5, 5.41) is 5.94. The molecular weight excluding hydrogens is 528 g/mol. The summed E-state index contributed by atoms with van der Waals surface area (Å²) in [6.45, 7) is 3.33. The first-order valence-corrected chi connectivity index (χ1v) is 15.9. The standard InChI is InChI=1S/C34H46N4O4/c39-31-30(18-10-11-22-35-33(41)42-26-28-14-6-2-7-15-28)36-32(40)34(38(31)29-16-8-3-9-17-29)20-24-37(25-21-34)23-19-27-12-4-1-5-13-27/h1-2,4-7,12-15,29-30H,3,8-11,16-26H2,(H,35,41)(H,36,40)/t30-/m0/s1. The van der Waals surface area contributed by atoms with Crippen LogP contribution in [0.5, 0.6) is 0 Å². The van der Waals surface area contributed by atoms with E-state index in [1.807, 2.05) is 36.4 Å². The summed E-state index contributed by atoms with van der Waals surface area (Å²) in [5.41, 5.74) is 1.54. The normalized spacial score (nSPS) is 21.2. The molecule has 5 rings (SSSR count). The van der Waals surface area contributed by atoms with Crippen LogP contribution in [0.25, 0.3) is 0 Å². The largest absolute Gasteiger partial charge is 0.445 e. The summed E-state index contributed by atoms with van der Waals surface area (Å²) in [6, 6.07) is 19.8. The summed E-state index contributed by atoms with van der Waals surface area (Å²) in [4.78, 5) is 44.4. The molecule has 1 atom stereocenters. The van der Waals surface area contributed by atoms with Crippen molar-refractivity contribution >= 4 is 17.9 Å². The quantitative estimate of drug-likeness (QED) is 0.376. The highest BCUT2D eigenvalue weighted by Gasteiger charge is 2.55. The molecule has 3 amide bonds. The summed E-state index contributed by atoms with van der Waals surface area (Å²) in [6.07, 6.45) is 9.37. The highest BCUT2D eigenvalue weighted by molar-refractivity contribution is 6.00. The number of carbonyl (C=O) groups excluding carboxylic acids is 3. The molecule has 0 aromatic heterocycles. The molecule has 2 heterocycles. The van der Waals surface area contributed by atoms with Gasteiger partial charge in [-0.05, 0) is 62.5 Å². The number of piperidine rings is 1. The third-order valence-electron chi connectivity index (χ3n) is 9.31. The molecule has 2 aliphatic heterocycles. The van der Waals surface area contributed by atoms with E-state index >= 15 is 0 Å². The van der Waals surface area contributed by atoms with E-state index < -0.39 is 17.7 Å². The van der Waals surface area contributed by atoms with Crippen LogP contribution in [0.15, 0.2) is 60.7 Å². The number of ether oxygens (including phenoxy) is 1. The lowest BCUT2D eigenvalue weighted by Gasteiger charge is -2.55. The van der Waals surface area contributed by atoms with Gasteiger partial charge in [-0.3, -0.25) is 9.59 Å². The predicted molar refractivity (Wildman–Crippen MR) is 163 cm³/mol. The van der Waals surface area contributed by atoms with Crippen LogP contribution in [0.3, 0.4) is 0 Å². The number of benzene rings is 2. The second-order valence-electron chi connectivity index (χ2n) is 12.1. The summed E-state index contributed by atoms with van der Waals surface area (Å²) in [7, 11) is 0. The Hall–Kier alpha value is -3.39. The third-order valence-corrected chi connectivity index (χ3v) is 9.31. The van der Waals surface area contributed by atoms with Crippen molar-refractivity contribution < 1.29 is 19.1 Å². The van der Waals surface area contributed by atoms with Crippen LogP contribution in [0.4, 0.5) is 4.79 Å². The zero-order valence-electron chi connectivity index (χ0n) is 24.8. The number of piperazine rings is 1. The molecule has 226 valence electrons. The minimum absolute atomic E-state index is 0.0306. The minimum atomic E-state index is -0.733.